The second kappa shape index (κ2) is 7.40. The fraction of sp³-hybridized carbons (Fsp3) is 0.304. The largest absolute Gasteiger partial charge is 0.486 e. The molecule has 154 valence electrons. The average molecular weight is 407 g/mol. The Bertz CT molecular complexity index is 1210. The molecule has 1 aliphatic carbocycles. The maximum atomic E-state index is 12.5. The Hall–Kier alpha value is -3.48. The topological polar surface area (TPSA) is 87.0 Å². The van der Waals surface area contributed by atoms with Gasteiger partial charge in [0.1, 0.15) is 24.5 Å². The van der Waals surface area contributed by atoms with Crippen LogP contribution in [-0.4, -0.2) is 25.7 Å². The summed E-state index contributed by atoms with van der Waals surface area (Å²) in [4.78, 5) is 24.7. The fourth-order valence-corrected chi connectivity index (χ4v) is 4.08. The van der Waals surface area contributed by atoms with E-state index in [1.807, 2.05) is 19.1 Å². The Morgan fingerprint density at radius 2 is 1.87 bits per heavy atom. The lowest BCUT2D eigenvalue weighted by Crippen LogP contribution is -2.21. The van der Waals surface area contributed by atoms with E-state index in [1.54, 1.807) is 18.2 Å². The average Bonchev–Trinajstić information content (AvgIpc) is 3.22. The molecule has 0 saturated carbocycles. The zero-order valence-corrected chi connectivity index (χ0v) is 16.6. The smallest absolute Gasteiger partial charge is 0.339 e. The van der Waals surface area contributed by atoms with E-state index in [-0.39, 0.29) is 18.1 Å². The van der Waals surface area contributed by atoms with Gasteiger partial charge in [-0.25, -0.2) is 4.79 Å². The third kappa shape index (κ3) is 3.36. The van der Waals surface area contributed by atoms with Crippen LogP contribution >= 0.6 is 0 Å². The molecule has 30 heavy (non-hydrogen) atoms. The molecule has 0 unspecified atom stereocenters. The number of carbonyl (C=O) groups excluding carboxylic acids is 1. The van der Waals surface area contributed by atoms with Crippen molar-refractivity contribution in [3.05, 3.63) is 57.4 Å². The van der Waals surface area contributed by atoms with Gasteiger partial charge in [0.2, 0.25) is 0 Å². The number of fused-ring (bicyclic) bond motifs is 4. The summed E-state index contributed by atoms with van der Waals surface area (Å²) in [5.74, 6) is 1.53. The first-order valence-corrected chi connectivity index (χ1v) is 10.00. The van der Waals surface area contributed by atoms with Gasteiger partial charge < -0.3 is 23.9 Å². The molecule has 1 aliphatic heterocycles. The van der Waals surface area contributed by atoms with Crippen molar-refractivity contribution < 1.29 is 23.4 Å². The van der Waals surface area contributed by atoms with E-state index in [0.717, 1.165) is 34.9 Å². The molecule has 2 aromatic carbocycles. The molecule has 1 N–H and O–H groups in total. The van der Waals surface area contributed by atoms with Gasteiger partial charge in [-0.2, -0.15) is 0 Å². The highest BCUT2D eigenvalue weighted by molar-refractivity contribution is 5.93. The second-order valence-corrected chi connectivity index (χ2v) is 7.53. The standard InChI is InChI=1S/C23H21NO6/c1-13-9-19(22-15-3-2-4-16(15)23(26)30-20(22)10-13)29-12-21(25)24-14-5-6-17-18(11-14)28-8-7-27-17/h5-6,9-11H,2-4,7-8,12H2,1H3,(H,24,25). The number of hydrogen-bond acceptors (Lipinski definition) is 6. The van der Waals surface area contributed by atoms with E-state index >= 15 is 0 Å². The number of rotatable bonds is 4. The molecular formula is C23H21NO6. The number of hydrogen-bond donors (Lipinski definition) is 1. The van der Waals surface area contributed by atoms with E-state index in [0.29, 0.717) is 48.2 Å². The van der Waals surface area contributed by atoms with Crippen molar-refractivity contribution in [3.63, 3.8) is 0 Å². The summed E-state index contributed by atoms with van der Waals surface area (Å²) in [6.07, 6.45) is 2.43. The summed E-state index contributed by atoms with van der Waals surface area (Å²) in [6.45, 7) is 2.73. The quantitative estimate of drug-likeness (QED) is 0.668. The van der Waals surface area contributed by atoms with Crippen molar-refractivity contribution in [2.45, 2.75) is 26.2 Å². The van der Waals surface area contributed by atoms with E-state index in [4.69, 9.17) is 18.6 Å². The van der Waals surface area contributed by atoms with Gasteiger partial charge in [0.15, 0.2) is 18.1 Å². The molecule has 1 aromatic heterocycles. The maximum Gasteiger partial charge on any atom is 0.339 e. The molecule has 7 nitrogen and oxygen atoms in total. The predicted octanol–water partition coefficient (Wildman–Crippen LogP) is 3.38. The van der Waals surface area contributed by atoms with E-state index in [1.165, 1.54) is 0 Å². The summed E-state index contributed by atoms with van der Waals surface area (Å²) in [7, 11) is 0. The SMILES string of the molecule is Cc1cc(OCC(=O)Nc2ccc3c(c2)OCCO3)c2c3c(c(=O)oc2c1)CCC3. The van der Waals surface area contributed by atoms with Gasteiger partial charge in [-0.05, 0) is 61.6 Å². The molecule has 0 radical (unpaired) electrons. The normalized spacial score (nSPS) is 14.4. The minimum atomic E-state index is -0.296. The van der Waals surface area contributed by atoms with Crippen molar-refractivity contribution >= 4 is 22.6 Å². The Morgan fingerprint density at radius 1 is 1.07 bits per heavy atom. The summed E-state index contributed by atoms with van der Waals surface area (Å²) in [6, 6.07) is 8.96. The van der Waals surface area contributed by atoms with Crippen molar-refractivity contribution in [2.24, 2.45) is 0 Å². The first-order chi connectivity index (χ1) is 14.6. The van der Waals surface area contributed by atoms with Crippen LogP contribution in [0.5, 0.6) is 17.2 Å². The first kappa shape index (κ1) is 18.5. The van der Waals surface area contributed by atoms with Gasteiger partial charge in [-0.1, -0.05) is 0 Å². The van der Waals surface area contributed by atoms with E-state index in [9.17, 15) is 9.59 Å². The Kier molecular flexibility index (Phi) is 4.58. The Balaban J connectivity index is 1.37. The lowest BCUT2D eigenvalue weighted by molar-refractivity contribution is -0.118. The number of anilines is 1. The van der Waals surface area contributed by atoms with Crippen LogP contribution in [-0.2, 0) is 17.6 Å². The van der Waals surface area contributed by atoms with Crippen LogP contribution in [0.25, 0.3) is 11.0 Å². The van der Waals surface area contributed by atoms with Crippen molar-refractivity contribution in [3.8, 4) is 17.2 Å². The minimum Gasteiger partial charge on any atom is -0.486 e. The number of amides is 1. The van der Waals surface area contributed by atoms with E-state index in [2.05, 4.69) is 5.32 Å². The lowest BCUT2D eigenvalue weighted by Gasteiger charge is -2.19. The Labute approximate surface area is 172 Å². The maximum absolute atomic E-state index is 12.5. The van der Waals surface area contributed by atoms with Gasteiger partial charge in [0, 0.05) is 17.3 Å². The summed E-state index contributed by atoms with van der Waals surface area (Å²) < 4.78 is 22.4. The van der Waals surface area contributed by atoms with Crippen molar-refractivity contribution in [1.29, 1.82) is 0 Å². The third-order valence-electron chi connectivity index (χ3n) is 5.36. The fourth-order valence-electron chi connectivity index (χ4n) is 4.08. The number of carbonyl (C=O) groups is 1. The van der Waals surface area contributed by atoms with Crippen LogP contribution in [0.3, 0.4) is 0 Å². The van der Waals surface area contributed by atoms with Gasteiger partial charge in [0.25, 0.3) is 5.91 Å². The monoisotopic (exact) mass is 407 g/mol. The highest BCUT2D eigenvalue weighted by Gasteiger charge is 2.23. The van der Waals surface area contributed by atoms with Crippen LogP contribution in [0.2, 0.25) is 0 Å². The first-order valence-electron chi connectivity index (χ1n) is 10.00. The van der Waals surface area contributed by atoms with Gasteiger partial charge in [-0.3, -0.25) is 4.79 Å². The number of ether oxygens (including phenoxy) is 3. The highest BCUT2D eigenvalue weighted by atomic mass is 16.6. The molecule has 5 rings (SSSR count). The predicted molar refractivity (Wildman–Crippen MR) is 111 cm³/mol. The molecule has 0 bridgehead atoms. The molecule has 0 fully saturated rings. The molecule has 2 aliphatic rings. The zero-order valence-electron chi connectivity index (χ0n) is 16.6. The molecule has 1 amide bonds. The molecule has 2 heterocycles. The van der Waals surface area contributed by atoms with Gasteiger partial charge in [-0.15, -0.1) is 0 Å². The lowest BCUT2D eigenvalue weighted by atomic mass is 10.0. The Morgan fingerprint density at radius 3 is 2.73 bits per heavy atom. The van der Waals surface area contributed by atoms with E-state index < -0.39 is 0 Å². The molecular weight excluding hydrogens is 386 g/mol. The van der Waals surface area contributed by atoms with Crippen molar-refractivity contribution in [2.75, 3.05) is 25.1 Å². The zero-order chi connectivity index (χ0) is 20.7. The number of benzene rings is 2. The summed E-state index contributed by atoms with van der Waals surface area (Å²) in [5, 5.41) is 3.60. The number of aryl methyl sites for hydroxylation is 2. The molecule has 0 atom stereocenters. The molecule has 0 spiro atoms. The minimum absolute atomic E-state index is 0.166. The highest BCUT2D eigenvalue weighted by Crippen LogP contribution is 2.35. The van der Waals surface area contributed by atoms with Crippen LogP contribution in [0.1, 0.15) is 23.1 Å². The molecule has 0 saturated heterocycles. The second-order valence-electron chi connectivity index (χ2n) is 7.53. The summed E-state index contributed by atoms with van der Waals surface area (Å²) >= 11 is 0. The van der Waals surface area contributed by atoms with Crippen LogP contribution in [0, 0.1) is 6.92 Å². The van der Waals surface area contributed by atoms with Crippen LogP contribution < -0.4 is 25.2 Å². The van der Waals surface area contributed by atoms with Crippen molar-refractivity contribution in [1.82, 2.24) is 0 Å². The van der Waals surface area contributed by atoms with Gasteiger partial charge in [0.05, 0.1) is 5.39 Å². The molecule has 7 heteroatoms. The van der Waals surface area contributed by atoms with Crippen LogP contribution in [0.4, 0.5) is 5.69 Å². The van der Waals surface area contributed by atoms with Gasteiger partial charge >= 0.3 is 5.63 Å². The summed E-state index contributed by atoms with van der Waals surface area (Å²) in [5.41, 5.74) is 3.42. The van der Waals surface area contributed by atoms with Crippen LogP contribution in [0.15, 0.2) is 39.5 Å². The number of nitrogens with one attached hydrogen (secondary N) is 1. The molecule has 3 aromatic rings. The third-order valence-corrected chi connectivity index (χ3v) is 5.36.